The molecule has 0 aromatic carbocycles. The van der Waals surface area contributed by atoms with Gasteiger partial charge in [-0.1, -0.05) is 11.8 Å². The summed E-state index contributed by atoms with van der Waals surface area (Å²) in [5.41, 5.74) is -1.18. The lowest BCUT2D eigenvalue weighted by molar-refractivity contribution is -0.265. The highest BCUT2D eigenvalue weighted by Gasteiger charge is 2.60. The SMILES string of the molecule is FC(F)(F)C(F)(F)C1=CS[C]N1. The van der Waals surface area contributed by atoms with Crippen molar-refractivity contribution in [1.29, 1.82) is 0 Å². The molecule has 0 saturated heterocycles. The van der Waals surface area contributed by atoms with Gasteiger partial charge in [-0.25, -0.2) is 0 Å². The smallest absolute Gasteiger partial charge is 0.363 e. The highest BCUT2D eigenvalue weighted by molar-refractivity contribution is 8.04. The molecule has 1 aliphatic rings. The zero-order valence-electron chi connectivity index (χ0n) is 5.38. The highest BCUT2D eigenvalue weighted by Crippen LogP contribution is 2.42. The van der Waals surface area contributed by atoms with Crippen LogP contribution in [0.4, 0.5) is 22.0 Å². The standard InChI is InChI=1S/C5H2F5NS/c6-4(7,5(8,9)10)3-1-12-2-11-3/h1,11H. The monoisotopic (exact) mass is 203 g/mol. The Morgan fingerprint density at radius 1 is 1.25 bits per heavy atom. The third-order valence-electron chi connectivity index (χ3n) is 1.12. The van der Waals surface area contributed by atoms with Crippen LogP contribution in [0.5, 0.6) is 0 Å². The maximum atomic E-state index is 12.3. The minimum absolute atomic E-state index is 0.622. The van der Waals surface area contributed by atoms with Gasteiger partial charge in [-0.05, 0) is 5.41 Å². The van der Waals surface area contributed by atoms with Crippen molar-refractivity contribution in [3.05, 3.63) is 17.0 Å². The van der Waals surface area contributed by atoms with Crippen LogP contribution in [-0.2, 0) is 0 Å². The molecule has 0 unspecified atom stereocenters. The third kappa shape index (κ3) is 1.50. The first-order valence-corrected chi connectivity index (χ1v) is 3.55. The van der Waals surface area contributed by atoms with Gasteiger partial charge < -0.3 is 5.32 Å². The summed E-state index contributed by atoms with van der Waals surface area (Å²) in [5.74, 6) is -2.77. The Morgan fingerprint density at radius 3 is 2.17 bits per heavy atom. The van der Waals surface area contributed by atoms with Crippen LogP contribution >= 0.6 is 11.8 Å². The van der Waals surface area contributed by atoms with E-state index in [1.807, 2.05) is 5.88 Å². The van der Waals surface area contributed by atoms with Gasteiger partial charge in [0.2, 0.25) is 0 Å². The fraction of sp³-hybridized carbons (Fsp3) is 0.400. The lowest BCUT2D eigenvalue weighted by Crippen LogP contribution is -2.41. The van der Waals surface area contributed by atoms with Crippen molar-refractivity contribution in [2.24, 2.45) is 0 Å². The number of halogens is 5. The second-order valence-electron chi connectivity index (χ2n) is 1.95. The molecule has 12 heavy (non-hydrogen) atoms. The van der Waals surface area contributed by atoms with Crippen molar-refractivity contribution < 1.29 is 22.0 Å². The molecule has 0 amide bonds. The van der Waals surface area contributed by atoms with Crippen molar-refractivity contribution >= 4 is 11.8 Å². The summed E-state index contributed by atoms with van der Waals surface area (Å²) in [7, 11) is 0. The molecule has 1 aliphatic heterocycles. The normalized spacial score (nSPS) is 18.9. The van der Waals surface area contributed by atoms with Gasteiger partial charge in [0.15, 0.2) is 5.88 Å². The van der Waals surface area contributed by atoms with E-state index < -0.39 is 17.8 Å². The molecule has 7 heteroatoms. The topological polar surface area (TPSA) is 12.0 Å². The van der Waals surface area contributed by atoms with E-state index in [1.54, 1.807) is 5.32 Å². The van der Waals surface area contributed by atoms with Crippen LogP contribution in [0.2, 0.25) is 0 Å². The molecule has 0 bridgehead atoms. The third-order valence-corrected chi connectivity index (χ3v) is 1.69. The van der Waals surface area contributed by atoms with Crippen LogP contribution in [0.15, 0.2) is 11.1 Å². The average Bonchev–Trinajstić information content (AvgIpc) is 2.34. The zero-order chi connectivity index (χ0) is 9.41. The quantitative estimate of drug-likeness (QED) is 0.656. The average molecular weight is 203 g/mol. The predicted molar refractivity (Wildman–Crippen MR) is 33.1 cm³/mol. The van der Waals surface area contributed by atoms with Crippen molar-refractivity contribution in [1.82, 2.24) is 5.32 Å². The molecule has 1 heterocycles. The summed E-state index contributed by atoms with van der Waals surface area (Å²) in [5, 5.41) is 2.38. The number of thioether (sulfide) groups is 1. The number of hydrogen-bond acceptors (Lipinski definition) is 2. The number of allylic oxidation sites excluding steroid dienone is 1. The minimum Gasteiger partial charge on any atom is -0.363 e. The Labute approximate surface area is 69.0 Å². The molecule has 0 aliphatic carbocycles. The molecule has 0 fully saturated rings. The molecule has 68 valence electrons. The molecule has 0 atom stereocenters. The molecule has 0 spiro atoms. The van der Waals surface area contributed by atoms with Gasteiger partial charge in [0, 0.05) is 0 Å². The first-order valence-electron chi connectivity index (χ1n) is 2.67. The lowest BCUT2D eigenvalue weighted by atomic mass is 10.2. The van der Waals surface area contributed by atoms with E-state index in [4.69, 9.17) is 0 Å². The van der Waals surface area contributed by atoms with E-state index in [-0.39, 0.29) is 0 Å². The maximum Gasteiger partial charge on any atom is 0.459 e. The van der Waals surface area contributed by atoms with E-state index in [1.165, 1.54) is 0 Å². The maximum absolute atomic E-state index is 12.3. The first-order chi connectivity index (χ1) is 5.36. The highest BCUT2D eigenvalue weighted by atomic mass is 32.2. The van der Waals surface area contributed by atoms with Crippen LogP contribution in [0.1, 0.15) is 0 Å². The van der Waals surface area contributed by atoms with Crippen LogP contribution in [0, 0.1) is 5.88 Å². The van der Waals surface area contributed by atoms with Gasteiger partial charge in [-0.3, -0.25) is 0 Å². The Hall–Kier alpha value is -0.460. The minimum atomic E-state index is -5.56. The zero-order valence-corrected chi connectivity index (χ0v) is 6.19. The van der Waals surface area contributed by atoms with Crippen molar-refractivity contribution in [3.63, 3.8) is 0 Å². The van der Waals surface area contributed by atoms with Crippen molar-refractivity contribution in [3.8, 4) is 0 Å². The lowest BCUT2D eigenvalue weighted by Gasteiger charge is -2.20. The Bertz CT molecular complexity index is 208. The van der Waals surface area contributed by atoms with Gasteiger partial charge in [0.1, 0.15) is 0 Å². The van der Waals surface area contributed by atoms with Crippen molar-refractivity contribution in [2.75, 3.05) is 0 Å². The van der Waals surface area contributed by atoms with Gasteiger partial charge >= 0.3 is 12.1 Å². The molecule has 2 radical (unpaired) electrons. The van der Waals surface area contributed by atoms with Gasteiger partial charge in [-0.15, -0.1) is 0 Å². The summed E-state index contributed by atoms with van der Waals surface area (Å²) in [6.07, 6.45) is -5.56. The number of hydrogen-bond donors (Lipinski definition) is 1. The fourth-order valence-corrected chi connectivity index (χ4v) is 1.06. The summed E-state index contributed by atoms with van der Waals surface area (Å²) >= 11 is 0.622. The van der Waals surface area contributed by atoms with E-state index in [0.717, 1.165) is 0 Å². The summed E-state index contributed by atoms with van der Waals surface area (Å²) in [6.45, 7) is 0. The van der Waals surface area contributed by atoms with Crippen LogP contribution in [0.25, 0.3) is 0 Å². The molecule has 0 aromatic rings. The summed E-state index contributed by atoms with van der Waals surface area (Å²) in [4.78, 5) is 0. The predicted octanol–water partition coefficient (Wildman–Crippen LogP) is 2.36. The van der Waals surface area contributed by atoms with E-state index in [2.05, 4.69) is 0 Å². The van der Waals surface area contributed by atoms with Crippen LogP contribution < -0.4 is 5.32 Å². The second kappa shape index (κ2) is 2.79. The number of rotatable bonds is 1. The van der Waals surface area contributed by atoms with E-state index in [0.29, 0.717) is 17.2 Å². The van der Waals surface area contributed by atoms with Gasteiger partial charge in [0.25, 0.3) is 0 Å². The molecule has 1 rings (SSSR count). The Morgan fingerprint density at radius 2 is 1.83 bits per heavy atom. The summed E-state index contributed by atoms with van der Waals surface area (Å²) in [6, 6.07) is 0. The number of nitrogens with one attached hydrogen (secondary N) is 1. The Balaban J connectivity index is 2.84. The molecule has 1 N–H and O–H groups in total. The number of alkyl halides is 5. The molecular weight excluding hydrogens is 201 g/mol. The molecule has 0 aromatic heterocycles. The largest absolute Gasteiger partial charge is 0.459 e. The van der Waals surface area contributed by atoms with Gasteiger partial charge in [-0.2, -0.15) is 22.0 Å². The van der Waals surface area contributed by atoms with E-state index >= 15 is 0 Å². The molecule has 1 nitrogen and oxygen atoms in total. The van der Waals surface area contributed by atoms with E-state index in [9.17, 15) is 22.0 Å². The summed E-state index contributed by atoms with van der Waals surface area (Å²) < 4.78 is 59.5. The first kappa shape index (κ1) is 9.63. The molecule has 0 saturated carbocycles. The Kier molecular flexibility index (Phi) is 2.24. The van der Waals surface area contributed by atoms with Crippen LogP contribution in [-0.4, -0.2) is 12.1 Å². The van der Waals surface area contributed by atoms with Gasteiger partial charge in [0.05, 0.1) is 5.70 Å². The van der Waals surface area contributed by atoms with Crippen LogP contribution in [0.3, 0.4) is 0 Å². The second-order valence-corrected chi connectivity index (χ2v) is 2.62. The molecular formula is C5H2F5NS. The van der Waals surface area contributed by atoms with Crippen molar-refractivity contribution in [2.45, 2.75) is 12.1 Å². The fourth-order valence-electron chi connectivity index (χ4n) is 0.507.